The number of hydroxylamine groups is 1. The maximum absolute atomic E-state index is 13.3. The molecule has 0 bridgehead atoms. The fourth-order valence-electron chi connectivity index (χ4n) is 3.09. The number of hydrogen-bond acceptors (Lipinski definition) is 4. The van der Waals surface area contributed by atoms with Gasteiger partial charge in [0.15, 0.2) is 0 Å². The first-order chi connectivity index (χ1) is 13.5. The number of amides is 3. The normalized spacial score (nSPS) is 14.6. The number of piperazine rings is 1. The molecule has 0 aromatic heterocycles. The molecule has 1 aliphatic rings. The molecule has 148 valence electrons. The average molecular weight is 447 g/mol. The summed E-state index contributed by atoms with van der Waals surface area (Å²) in [4.78, 5) is 30.6. The van der Waals surface area contributed by atoms with Gasteiger partial charge in [0.2, 0.25) is 0 Å². The second-order valence-electron chi connectivity index (χ2n) is 6.78. The molecule has 2 aromatic rings. The van der Waals surface area contributed by atoms with Gasteiger partial charge in [0.05, 0.1) is 6.54 Å². The van der Waals surface area contributed by atoms with Crippen LogP contribution in [0.1, 0.15) is 15.9 Å². The SMILES string of the molecule is CN1CCN(C(=O)N(Cc2ccc(C(=O)NO)cc2)c2cccc(Br)c2)CC1. The smallest absolute Gasteiger partial charge is 0.322 e. The highest BCUT2D eigenvalue weighted by Gasteiger charge is 2.25. The fraction of sp³-hybridized carbons (Fsp3) is 0.300. The molecule has 7 nitrogen and oxygen atoms in total. The molecule has 8 heteroatoms. The molecular weight excluding hydrogens is 424 g/mol. The van der Waals surface area contributed by atoms with Crippen molar-refractivity contribution in [1.82, 2.24) is 15.3 Å². The van der Waals surface area contributed by atoms with Crippen molar-refractivity contribution in [3.63, 3.8) is 0 Å². The molecular formula is C20H23BrN4O3. The van der Waals surface area contributed by atoms with Crippen molar-refractivity contribution < 1.29 is 14.8 Å². The Morgan fingerprint density at radius 1 is 1.11 bits per heavy atom. The third-order valence-electron chi connectivity index (χ3n) is 4.78. The van der Waals surface area contributed by atoms with E-state index in [0.29, 0.717) is 25.2 Å². The van der Waals surface area contributed by atoms with Crippen molar-refractivity contribution >= 4 is 33.6 Å². The molecule has 3 amide bonds. The number of halogens is 1. The maximum Gasteiger partial charge on any atom is 0.324 e. The van der Waals surface area contributed by atoms with Crippen LogP contribution in [0.15, 0.2) is 53.0 Å². The summed E-state index contributed by atoms with van der Waals surface area (Å²) >= 11 is 3.48. The predicted molar refractivity (Wildman–Crippen MR) is 110 cm³/mol. The largest absolute Gasteiger partial charge is 0.324 e. The second kappa shape index (κ2) is 9.18. The number of likely N-dealkylation sites (N-methyl/N-ethyl adjacent to an activating group) is 1. The molecule has 1 aliphatic heterocycles. The molecule has 0 spiro atoms. The summed E-state index contributed by atoms with van der Waals surface area (Å²) < 4.78 is 0.899. The second-order valence-corrected chi connectivity index (χ2v) is 7.69. The molecule has 0 atom stereocenters. The number of urea groups is 1. The van der Waals surface area contributed by atoms with Crippen molar-refractivity contribution in [2.45, 2.75) is 6.54 Å². The summed E-state index contributed by atoms with van der Waals surface area (Å²) in [6.07, 6.45) is 0. The number of nitrogens with zero attached hydrogens (tertiary/aromatic N) is 3. The summed E-state index contributed by atoms with van der Waals surface area (Å²) in [6, 6.07) is 14.4. The quantitative estimate of drug-likeness (QED) is 0.559. The zero-order chi connectivity index (χ0) is 20.1. The minimum absolute atomic E-state index is 0.0385. The Morgan fingerprint density at radius 2 is 1.79 bits per heavy atom. The van der Waals surface area contributed by atoms with Crippen LogP contribution in [0.2, 0.25) is 0 Å². The molecule has 2 aromatic carbocycles. The molecule has 2 N–H and O–H groups in total. The highest BCUT2D eigenvalue weighted by atomic mass is 79.9. The summed E-state index contributed by atoms with van der Waals surface area (Å²) in [5, 5.41) is 8.75. The summed E-state index contributed by atoms with van der Waals surface area (Å²) in [5.41, 5.74) is 3.66. The van der Waals surface area contributed by atoms with Gasteiger partial charge in [-0.25, -0.2) is 10.3 Å². The molecule has 0 unspecified atom stereocenters. The molecule has 28 heavy (non-hydrogen) atoms. The van der Waals surface area contributed by atoms with Crippen molar-refractivity contribution in [2.24, 2.45) is 0 Å². The van der Waals surface area contributed by atoms with Gasteiger partial charge in [-0.05, 0) is 42.9 Å². The lowest BCUT2D eigenvalue weighted by Crippen LogP contribution is -2.51. The Bertz CT molecular complexity index is 836. The third-order valence-corrected chi connectivity index (χ3v) is 5.28. The van der Waals surface area contributed by atoms with E-state index in [0.717, 1.165) is 28.8 Å². The molecule has 1 fully saturated rings. The molecule has 0 radical (unpaired) electrons. The van der Waals surface area contributed by atoms with Crippen LogP contribution in [0.3, 0.4) is 0 Å². The predicted octanol–water partition coefficient (Wildman–Crippen LogP) is 2.94. The van der Waals surface area contributed by atoms with Crippen LogP contribution in [0.5, 0.6) is 0 Å². The van der Waals surface area contributed by atoms with E-state index < -0.39 is 5.91 Å². The van der Waals surface area contributed by atoms with Gasteiger partial charge in [0.25, 0.3) is 5.91 Å². The number of hydrogen-bond donors (Lipinski definition) is 2. The van der Waals surface area contributed by atoms with Crippen molar-refractivity contribution in [2.75, 3.05) is 38.1 Å². The number of anilines is 1. The summed E-state index contributed by atoms with van der Waals surface area (Å²) in [6.45, 7) is 3.46. The monoisotopic (exact) mass is 446 g/mol. The lowest BCUT2D eigenvalue weighted by Gasteiger charge is -2.36. The van der Waals surface area contributed by atoms with Gasteiger partial charge in [0.1, 0.15) is 0 Å². The van der Waals surface area contributed by atoms with E-state index in [2.05, 4.69) is 27.9 Å². The molecule has 1 saturated heterocycles. The molecule has 3 rings (SSSR count). The molecule has 1 heterocycles. The lowest BCUT2D eigenvalue weighted by atomic mass is 10.1. The topological polar surface area (TPSA) is 76.1 Å². The van der Waals surface area contributed by atoms with Gasteiger partial charge in [-0.3, -0.25) is 14.9 Å². The minimum Gasteiger partial charge on any atom is -0.322 e. The Labute approximate surface area is 172 Å². The van der Waals surface area contributed by atoms with E-state index in [1.807, 2.05) is 29.2 Å². The van der Waals surface area contributed by atoms with E-state index in [1.54, 1.807) is 34.6 Å². The van der Waals surface area contributed by atoms with Crippen LogP contribution in [-0.2, 0) is 6.54 Å². The summed E-state index contributed by atoms with van der Waals surface area (Å²) in [7, 11) is 2.05. The van der Waals surface area contributed by atoms with Gasteiger partial charge >= 0.3 is 6.03 Å². The van der Waals surface area contributed by atoms with Crippen LogP contribution in [-0.4, -0.2) is 60.2 Å². The van der Waals surface area contributed by atoms with Gasteiger partial charge in [0, 0.05) is 41.9 Å². The first kappa shape index (κ1) is 20.3. The van der Waals surface area contributed by atoms with E-state index in [9.17, 15) is 9.59 Å². The first-order valence-electron chi connectivity index (χ1n) is 9.02. The van der Waals surface area contributed by atoms with Crippen molar-refractivity contribution in [3.05, 3.63) is 64.1 Å². The van der Waals surface area contributed by atoms with E-state index >= 15 is 0 Å². The third kappa shape index (κ3) is 4.89. The molecule has 0 aliphatic carbocycles. The van der Waals surface area contributed by atoms with Crippen LogP contribution in [0.25, 0.3) is 0 Å². The minimum atomic E-state index is -0.566. The van der Waals surface area contributed by atoms with E-state index in [4.69, 9.17) is 5.21 Å². The van der Waals surface area contributed by atoms with Gasteiger partial charge in [-0.1, -0.05) is 34.1 Å². The molecule has 0 saturated carbocycles. The van der Waals surface area contributed by atoms with Crippen LogP contribution < -0.4 is 10.4 Å². The number of rotatable bonds is 4. The van der Waals surface area contributed by atoms with Crippen LogP contribution >= 0.6 is 15.9 Å². The highest BCUT2D eigenvalue weighted by molar-refractivity contribution is 9.10. The fourth-order valence-corrected chi connectivity index (χ4v) is 3.48. The Balaban J connectivity index is 1.84. The lowest BCUT2D eigenvalue weighted by molar-refractivity contribution is 0.0706. The van der Waals surface area contributed by atoms with E-state index in [1.165, 1.54) is 0 Å². The van der Waals surface area contributed by atoms with Gasteiger partial charge in [-0.15, -0.1) is 0 Å². The van der Waals surface area contributed by atoms with E-state index in [-0.39, 0.29) is 6.03 Å². The van der Waals surface area contributed by atoms with Crippen molar-refractivity contribution in [3.8, 4) is 0 Å². The zero-order valence-electron chi connectivity index (χ0n) is 15.6. The Hall–Kier alpha value is -2.42. The average Bonchev–Trinajstić information content (AvgIpc) is 2.72. The van der Waals surface area contributed by atoms with Gasteiger partial charge < -0.3 is 9.80 Å². The van der Waals surface area contributed by atoms with Crippen molar-refractivity contribution in [1.29, 1.82) is 0 Å². The van der Waals surface area contributed by atoms with Crippen LogP contribution in [0, 0.1) is 0 Å². The number of carbonyl (C=O) groups is 2. The maximum atomic E-state index is 13.3. The highest BCUT2D eigenvalue weighted by Crippen LogP contribution is 2.24. The standard InChI is InChI=1S/C20H23BrN4O3/c1-23-9-11-24(12-10-23)20(27)25(18-4-2-3-17(21)13-18)14-15-5-7-16(8-6-15)19(26)22-28/h2-8,13,28H,9-12,14H2,1H3,(H,22,26). The number of nitrogens with one attached hydrogen (secondary N) is 1. The zero-order valence-corrected chi connectivity index (χ0v) is 17.2. The summed E-state index contributed by atoms with van der Waals surface area (Å²) in [5.74, 6) is -0.566. The number of benzene rings is 2. The van der Waals surface area contributed by atoms with Gasteiger partial charge in [-0.2, -0.15) is 0 Å². The Morgan fingerprint density at radius 3 is 2.39 bits per heavy atom. The van der Waals surface area contributed by atoms with Crippen LogP contribution in [0.4, 0.5) is 10.5 Å². The number of carbonyl (C=O) groups excluding carboxylic acids is 2. The Kier molecular flexibility index (Phi) is 6.66. The first-order valence-corrected chi connectivity index (χ1v) is 9.81.